The molecule has 0 bridgehead atoms. The first kappa shape index (κ1) is 29.6. The molecule has 0 radical (unpaired) electrons. The fraction of sp³-hybridized carbons (Fsp3) is 0.690. The van der Waals surface area contributed by atoms with Crippen LogP contribution in [0.3, 0.4) is 0 Å². The number of anilines is 1. The molecule has 0 amide bonds. The van der Waals surface area contributed by atoms with E-state index in [4.69, 9.17) is 15.2 Å². The molecule has 42 heavy (non-hydrogen) atoms. The van der Waals surface area contributed by atoms with Gasteiger partial charge in [0, 0.05) is 42.5 Å². The lowest BCUT2D eigenvalue weighted by molar-refractivity contribution is -0.140. The molecule has 8 nitrogen and oxygen atoms in total. The number of hydrogen-bond donors (Lipinski definition) is 3. The molecule has 5 aliphatic rings. The van der Waals surface area contributed by atoms with Crippen LogP contribution in [0.4, 0.5) is 27.6 Å². The lowest BCUT2D eigenvalue weighted by Gasteiger charge is -2.51. The molecule has 0 spiro atoms. The van der Waals surface area contributed by atoms with Crippen LogP contribution in [-0.2, 0) is 10.9 Å². The van der Waals surface area contributed by atoms with Gasteiger partial charge in [-0.15, -0.1) is 0 Å². The van der Waals surface area contributed by atoms with Gasteiger partial charge in [-0.1, -0.05) is 0 Å². The van der Waals surface area contributed by atoms with Crippen LogP contribution in [0, 0.1) is 5.92 Å². The Balaban J connectivity index is 1.19. The molecule has 4 N–H and O–H groups in total. The maximum Gasteiger partial charge on any atom is 0.420 e. The van der Waals surface area contributed by atoms with Gasteiger partial charge in [-0.05, 0) is 70.7 Å². The predicted octanol–water partition coefficient (Wildman–Crippen LogP) is 4.39. The minimum Gasteiger partial charge on any atom is -0.487 e. The molecule has 1 aromatic rings. The summed E-state index contributed by atoms with van der Waals surface area (Å²) in [5, 5.41) is 5.52. The molecular weight excluding hydrogens is 559 g/mol. The molecule has 4 saturated heterocycles. The summed E-state index contributed by atoms with van der Waals surface area (Å²) in [6.07, 6.45) is -2.38. The van der Waals surface area contributed by atoms with E-state index >= 15 is 4.39 Å². The Bertz CT molecular complexity index is 1240. The number of nitrogens with zero attached hydrogens (tertiary/aromatic N) is 3. The van der Waals surface area contributed by atoms with Crippen molar-refractivity contribution in [2.75, 3.05) is 38.2 Å². The Morgan fingerprint density at radius 3 is 2.64 bits per heavy atom. The number of nitrogens with two attached hydrogens (primary N) is 1. The molecule has 5 aliphatic heterocycles. The van der Waals surface area contributed by atoms with Crippen LogP contribution in [0.1, 0.15) is 51.5 Å². The molecule has 0 aromatic heterocycles. The topological polar surface area (TPSA) is 87.4 Å². The van der Waals surface area contributed by atoms with Gasteiger partial charge in [0.1, 0.15) is 18.0 Å². The maximum absolute atomic E-state index is 15.3. The first-order valence-corrected chi connectivity index (χ1v) is 14.7. The molecular formula is C29H39F5N6O2. The molecule has 5 heterocycles. The Kier molecular flexibility index (Phi) is 7.68. The zero-order chi connectivity index (χ0) is 29.9. The van der Waals surface area contributed by atoms with Crippen LogP contribution < -0.4 is 21.1 Å². The minimum absolute atomic E-state index is 0.0449. The Labute approximate surface area is 242 Å². The first-order chi connectivity index (χ1) is 19.8. The number of aliphatic imine (C=N–C) groups is 1. The van der Waals surface area contributed by atoms with Crippen molar-refractivity contribution in [2.24, 2.45) is 16.6 Å². The predicted molar refractivity (Wildman–Crippen MR) is 148 cm³/mol. The number of nitrogens with one attached hydrogen (secondary N) is 2. The Morgan fingerprint density at radius 2 is 1.95 bits per heavy atom. The smallest absolute Gasteiger partial charge is 0.420 e. The molecule has 6 rings (SSSR count). The largest absolute Gasteiger partial charge is 0.487 e. The summed E-state index contributed by atoms with van der Waals surface area (Å²) >= 11 is 0. The lowest BCUT2D eigenvalue weighted by atomic mass is 9.73. The summed E-state index contributed by atoms with van der Waals surface area (Å²) in [5.74, 6) is -1.30. The van der Waals surface area contributed by atoms with E-state index in [-0.39, 0.29) is 42.1 Å². The van der Waals surface area contributed by atoms with E-state index in [1.807, 2.05) is 4.90 Å². The number of alkyl halides is 4. The van der Waals surface area contributed by atoms with Crippen LogP contribution in [0.5, 0.6) is 5.75 Å². The van der Waals surface area contributed by atoms with Crippen molar-refractivity contribution in [3.05, 3.63) is 35.8 Å². The molecule has 1 unspecified atom stereocenters. The van der Waals surface area contributed by atoms with Crippen molar-refractivity contribution < 1.29 is 31.4 Å². The van der Waals surface area contributed by atoms with E-state index in [0.29, 0.717) is 38.6 Å². The minimum atomic E-state index is -4.75. The third-order valence-electron chi connectivity index (χ3n) is 9.57. The summed E-state index contributed by atoms with van der Waals surface area (Å²) in [6, 6.07) is 3.90. The summed E-state index contributed by atoms with van der Waals surface area (Å²) < 4.78 is 83.3. The fourth-order valence-electron chi connectivity index (χ4n) is 7.25. The molecule has 0 aliphatic carbocycles. The third-order valence-corrected chi connectivity index (χ3v) is 9.57. The van der Waals surface area contributed by atoms with E-state index in [9.17, 15) is 17.6 Å². The van der Waals surface area contributed by atoms with Gasteiger partial charge in [-0.25, -0.2) is 13.8 Å². The van der Waals surface area contributed by atoms with Crippen LogP contribution in [0.2, 0.25) is 0 Å². The number of fused-ring (bicyclic) bond motifs is 1. The first-order valence-electron chi connectivity index (χ1n) is 14.7. The maximum atomic E-state index is 15.3. The monoisotopic (exact) mass is 598 g/mol. The standard InChI is InChI=1S/C29H39F5N6O2/c1-27(2)12-17(10-19-4-3-8-40(19)27)28(35)25(31)13-36-26(38-28)37-18-5-6-23(21(11-18)29(32,33)34)42-24-7-9-39(14-22(24)30)20-15-41-16-20/h5-6,11,13,17,19-20,22,24H,3-4,7-10,12,14-16,35H2,1-2H3,(H2,36,37,38)/t17-,19+,22-,24-,28?/m1/s1. The van der Waals surface area contributed by atoms with Gasteiger partial charge < -0.3 is 25.8 Å². The highest BCUT2D eigenvalue weighted by Gasteiger charge is 2.51. The van der Waals surface area contributed by atoms with E-state index in [0.717, 1.165) is 31.7 Å². The number of ether oxygens (including phenoxy) is 2. The van der Waals surface area contributed by atoms with Crippen LogP contribution in [0.15, 0.2) is 35.2 Å². The second-order valence-electron chi connectivity index (χ2n) is 12.8. The zero-order valence-electron chi connectivity index (χ0n) is 23.9. The molecule has 4 fully saturated rings. The number of hydrogen-bond acceptors (Lipinski definition) is 8. The average Bonchev–Trinajstić information content (AvgIpc) is 3.37. The number of guanidine groups is 1. The number of benzene rings is 1. The van der Waals surface area contributed by atoms with Crippen molar-refractivity contribution in [3.63, 3.8) is 0 Å². The van der Waals surface area contributed by atoms with Gasteiger partial charge in [0.05, 0.1) is 24.8 Å². The van der Waals surface area contributed by atoms with Gasteiger partial charge in [0.2, 0.25) is 5.96 Å². The van der Waals surface area contributed by atoms with Crippen molar-refractivity contribution in [1.29, 1.82) is 0 Å². The molecule has 232 valence electrons. The molecule has 1 aromatic carbocycles. The normalized spacial score (nSPS) is 34.1. The van der Waals surface area contributed by atoms with E-state index < -0.39 is 41.3 Å². The van der Waals surface area contributed by atoms with E-state index in [2.05, 4.69) is 34.4 Å². The second kappa shape index (κ2) is 10.9. The van der Waals surface area contributed by atoms with E-state index in [1.54, 1.807) is 0 Å². The summed E-state index contributed by atoms with van der Waals surface area (Å²) in [5.41, 5.74) is 3.82. The highest BCUT2D eigenvalue weighted by atomic mass is 19.4. The van der Waals surface area contributed by atoms with Crippen molar-refractivity contribution >= 4 is 11.6 Å². The molecule has 13 heteroatoms. The van der Waals surface area contributed by atoms with Crippen LogP contribution in [0.25, 0.3) is 0 Å². The zero-order valence-corrected chi connectivity index (χ0v) is 23.9. The third kappa shape index (κ3) is 5.60. The van der Waals surface area contributed by atoms with Gasteiger partial charge in [0.25, 0.3) is 0 Å². The van der Waals surface area contributed by atoms with Crippen LogP contribution >= 0.6 is 0 Å². The summed E-state index contributed by atoms with van der Waals surface area (Å²) in [7, 11) is 0. The Hall–Kier alpha value is -2.48. The highest BCUT2D eigenvalue weighted by molar-refractivity contribution is 5.95. The summed E-state index contributed by atoms with van der Waals surface area (Å²) in [6.45, 7) is 6.95. The SMILES string of the molecule is CC1(C)C[C@H](C2(N)N=C(Nc3ccc(O[C@@H]4CCN(C5COC5)C[C@H]4F)c(C(F)(F)F)c3)NC=C2F)C[C@@H]2CCCN21. The number of piperidine rings is 2. The van der Waals surface area contributed by atoms with Crippen molar-refractivity contribution in [2.45, 2.75) is 87.7 Å². The molecule has 5 atom stereocenters. The van der Waals surface area contributed by atoms with E-state index in [1.165, 1.54) is 12.1 Å². The second-order valence-corrected chi connectivity index (χ2v) is 12.8. The van der Waals surface area contributed by atoms with Crippen molar-refractivity contribution in [3.8, 4) is 5.75 Å². The quantitative estimate of drug-likeness (QED) is 0.434. The van der Waals surface area contributed by atoms with Gasteiger partial charge in [-0.2, -0.15) is 13.2 Å². The number of halogens is 5. The lowest BCUT2D eigenvalue weighted by Crippen LogP contribution is -2.60. The van der Waals surface area contributed by atoms with Crippen molar-refractivity contribution in [1.82, 2.24) is 15.1 Å². The number of rotatable bonds is 5. The van der Waals surface area contributed by atoms with Gasteiger partial charge >= 0.3 is 6.18 Å². The Morgan fingerprint density at radius 1 is 1.17 bits per heavy atom. The fourth-order valence-corrected chi connectivity index (χ4v) is 7.25. The van der Waals surface area contributed by atoms with Crippen LogP contribution in [-0.4, -0.2) is 84.2 Å². The molecule has 0 saturated carbocycles. The summed E-state index contributed by atoms with van der Waals surface area (Å²) in [4.78, 5) is 8.89. The van der Waals surface area contributed by atoms with Gasteiger partial charge in [-0.3, -0.25) is 9.80 Å². The number of likely N-dealkylation sites (tertiary alicyclic amines) is 1. The average molecular weight is 599 g/mol. The van der Waals surface area contributed by atoms with Gasteiger partial charge in [0.15, 0.2) is 11.5 Å². The highest BCUT2D eigenvalue weighted by Crippen LogP contribution is 2.46.